The summed E-state index contributed by atoms with van der Waals surface area (Å²) in [5, 5.41) is 3.19. The number of rotatable bonds is 2. The summed E-state index contributed by atoms with van der Waals surface area (Å²) < 4.78 is 0. The van der Waals surface area contributed by atoms with E-state index < -0.39 is 5.91 Å². The molecule has 0 saturated heterocycles. The van der Waals surface area contributed by atoms with Crippen LogP contribution in [0.15, 0.2) is 41.8 Å². The third-order valence-electron chi connectivity index (χ3n) is 2.73. The number of nitrogens with one attached hydrogen (secondary N) is 1. The molecule has 0 aliphatic rings. The summed E-state index contributed by atoms with van der Waals surface area (Å²) in [5.41, 5.74) is 7.70. The Bertz CT molecular complexity index is 668. The summed E-state index contributed by atoms with van der Waals surface area (Å²) >= 11 is 1.65. The van der Waals surface area contributed by atoms with Crippen LogP contribution >= 0.6 is 11.3 Å². The fourth-order valence-corrected chi connectivity index (χ4v) is 2.71. The lowest BCUT2D eigenvalue weighted by Crippen LogP contribution is -2.12. The van der Waals surface area contributed by atoms with Gasteiger partial charge in [0.1, 0.15) is 4.83 Å². The molecule has 1 aromatic carbocycles. The second-order valence-electron chi connectivity index (χ2n) is 3.80. The highest BCUT2D eigenvalue weighted by Crippen LogP contribution is 2.29. The molecule has 1 amide bonds. The minimum Gasteiger partial charge on any atom is -0.366 e. The Morgan fingerprint density at radius 1 is 1.24 bits per heavy atom. The van der Waals surface area contributed by atoms with Gasteiger partial charge in [-0.3, -0.25) is 4.79 Å². The first-order valence-electron chi connectivity index (χ1n) is 5.21. The molecule has 0 bridgehead atoms. The van der Waals surface area contributed by atoms with Crippen molar-refractivity contribution in [2.75, 3.05) is 0 Å². The largest absolute Gasteiger partial charge is 0.366 e. The maximum atomic E-state index is 11.4. The molecule has 0 radical (unpaired) electrons. The topological polar surface area (TPSA) is 58.9 Å². The second-order valence-corrected chi connectivity index (χ2v) is 4.71. The Morgan fingerprint density at radius 2 is 2.06 bits per heavy atom. The van der Waals surface area contributed by atoms with Crippen molar-refractivity contribution in [3.8, 4) is 11.3 Å². The molecule has 0 saturated carbocycles. The van der Waals surface area contributed by atoms with E-state index in [2.05, 4.69) is 4.98 Å². The first-order chi connectivity index (χ1) is 8.25. The molecule has 2 aromatic heterocycles. The third-order valence-corrected chi connectivity index (χ3v) is 3.57. The number of thiophene rings is 1. The maximum Gasteiger partial charge on any atom is 0.249 e. The third kappa shape index (κ3) is 1.62. The van der Waals surface area contributed by atoms with Crippen molar-refractivity contribution in [3.63, 3.8) is 0 Å². The van der Waals surface area contributed by atoms with Gasteiger partial charge in [-0.1, -0.05) is 18.2 Å². The molecule has 0 spiro atoms. The van der Waals surface area contributed by atoms with Crippen LogP contribution in [-0.2, 0) is 0 Å². The smallest absolute Gasteiger partial charge is 0.249 e. The van der Waals surface area contributed by atoms with E-state index in [0.29, 0.717) is 5.56 Å². The van der Waals surface area contributed by atoms with Crippen LogP contribution in [0.25, 0.3) is 21.5 Å². The monoisotopic (exact) mass is 242 g/mol. The Labute approximate surface area is 102 Å². The Hall–Kier alpha value is -2.07. The SMILES string of the molecule is NC(=O)c1ccccc1-c1cc2ccsc2[nH]1. The van der Waals surface area contributed by atoms with Crippen molar-refractivity contribution in [1.29, 1.82) is 0 Å². The van der Waals surface area contributed by atoms with Crippen molar-refractivity contribution < 1.29 is 4.79 Å². The van der Waals surface area contributed by atoms with E-state index >= 15 is 0 Å². The van der Waals surface area contributed by atoms with Gasteiger partial charge in [0.15, 0.2) is 0 Å². The standard InChI is InChI=1S/C13H10N2OS/c14-12(16)10-4-2-1-3-9(10)11-7-8-5-6-17-13(8)15-11/h1-7,15H,(H2,14,16). The lowest BCUT2D eigenvalue weighted by Gasteiger charge is -2.03. The molecule has 2 heterocycles. The summed E-state index contributed by atoms with van der Waals surface area (Å²) in [6.45, 7) is 0. The van der Waals surface area contributed by atoms with Crippen molar-refractivity contribution in [2.24, 2.45) is 5.73 Å². The van der Waals surface area contributed by atoms with Gasteiger partial charge in [-0.25, -0.2) is 0 Å². The quantitative estimate of drug-likeness (QED) is 0.713. The van der Waals surface area contributed by atoms with Gasteiger partial charge in [-0.05, 0) is 23.6 Å². The van der Waals surface area contributed by atoms with Crippen molar-refractivity contribution in [3.05, 3.63) is 47.3 Å². The maximum absolute atomic E-state index is 11.4. The van der Waals surface area contributed by atoms with Crippen molar-refractivity contribution in [1.82, 2.24) is 4.98 Å². The van der Waals surface area contributed by atoms with Crippen LogP contribution in [0.1, 0.15) is 10.4 Å². The Balaban J connectivity index is 2.21. The number of fused-ring (bicyclic) bond motifs is 1. The molecule has 0 aliphatic heterocycles. The molecule has 4 heteroatoms. The lowest BCUT2D eigenvalue weighted by atomic mass is 10.0. The summed E-state index contributed by atoms with van der Waals surface area (Å²) in [6, 6.07) is 11.4. The van der Waals surface area contributed by atoms with Crippen molar-refractivity contribution >= 4 is 27.5 Å². The number of aromatic nitrogens is 1. The van der Waals surface area contributed by atoms with Crippen LogP contribution in [0, 0.1) is 0 Å². The summed E-state index contributed by atoms with van der Waals surface area (Å²) in [5.74, 6) is -0.404. The molecule has 0 fully saturated rings. The number of carbonyl (C=O) groups is 1. The van der Waals surface area contributed by atoms with Crippen molar-refractivity contribution in [2.45, 2.75) is 0 Å². The normalized spacial score (nSPS) is 10.8. The number of amides is 1. The predicted molar refractivity (Wildman–Crippen MR) is 70.1 cm³/mol. The number of H-pyrrole nitrogens is 1. The highest BCUT2D eigenvalue weighted by Gasteiger charge is 2.11. The van der Waals surface area contributed by atoms with Crippen LogP contribution in [-0.4, -0.2) is 10.9 Å². The summed E-state index contributed by atoms with van der Waals surface area (Å²) in [6.07, 6.45) is 0. The number of benzene rings is 1. The zero-order valence-electron chi connectivity index (χ0n) is 8.94. The second kappa shape index (κ2) is 3.75. The van der Waals surface area contributed by atoms with Gasteiger partial charge in [0.2, 0.25) is 5.91 Å². The van der Waals surface area contributed by atoms with E-state index in [1.165, 1.54) is 0 Å². The van der Waals surface area contributed by atoms with E-state index in [9.17, 15) is 4.79 Å². The molecule has 3 N–H and O–H groups in total. The number of primary amides is 1. The number of nitrogens with two attached hydrogens (primary N) is 1. The van der Waals surface area contributed by atoms with E-state index in [4.69, 9.17) is 5.73 Å². The van der Waals surface area contributed by atoms with Crippen LogP contribution in [0.3, 0.4) is 0 Å². The highest BCUT2D eigenvalue weighted by atomic mass is 32.1. The molecular formula is C13H10N2OS. The molecule has 0 atom stereocenters. The summed E-state index contributed by atoms with van der Waals surface area (Å²) in [7, 11) is 0. The first-order valence-corrected chi connectivity index (χ1v) is 6.09. The highest BCUT2D eigenvalue weighted by molar-refractivity contribution is 7.16. The number of carbonyl (C=O) groups excluding carboxylic acids is 1. The van der Waals surface area contributed by atoms with E-state index in [-0.39, 0.29) is 0 Å². The van der Waals surface area contributed by atoms with Gasteiger partial charge < -0.3 is 10.7 Å². The van der Waals surface area contributed by atoms with E-state index in [1.807, 2.05) is 35.7 Å². The predicted octanol–water partition coefficient (Wildman–Crippen LogP) is 3.00. The van der Waals surface area contributed by atoms with Gasteiger partial charge in [0, 0.05) is 22.2 Å². The zero-order chi connectivity index (χ0) is 11.8. The molecule has 3 nitrogen and oxygen atoms in total. The van der Waals surface area contributed by atoms with Gasteiger partial charge >= 0.3 is 0 Å². The first kappa shape index (κ1) is 10.1. The van der Waals surface area contributed by atoms with Gasteiger partial charge in [0.25, 0.3) is 0 Å². The fraction of sp³-hybridized carbons (Fsp3) is 0. The average molecular weight is 242 g/mol. The Morgan fingerprint density at radius 3 is 2.82 bits per heavy atom. The fourth-order valence-electron chi connectivity index (χ4n) is 1.93. The van der Waals surface area contributed by atoms with Crippen LogP contribution in [0.5, 0.6) is 0 Å². The van der Waals surface area contributed by atoms with Gasteiger partial charge in [-0.2, -0.15) is 0 Å². The zero-order valence-corrected chi connectivity index (χ0v) is 9.75. The number of aromatic amines is 1. The van der Waals surface area contributed by atoms with Gasteiger partial charge in [-0.15, -0.1) is 11.3 Å². The molecule has 84 valence electrons. The van der Waals surface area contributed by atoms with Crippen LogP contribution in [0.4, 0.5) is 0 Å². The van der Waals surface area contributed by atoms with Crippen LogP contribution < -0.4 is 5.73 Å². The molecule has 3 aromatic rings. The molecule has 17 heavy (non-hydrogen) atoms. The molecule has 0 aliphatic carbocycles. The van der Waals surface area contributed by atoms with Crippen LogP contribution in [0.2, 0.25) is 0 Å². The molecular weight excluding hydrogens is 232 g/mol. The summed E-state index contributed by atoms with van der Waals surface area (Å²) in [4.78, 5) is 15.8. The molecule has 3 rings (SSSR count). The van der Waals surface area contributed by atoms with E-state index in [0.717, 1.165) is 21.5 Å². The lowest BCUT2D eigenvalue weighted by molar-refractivity contribution is 0.100. The number of hydrogen-bond donors (Lipinski definition) is 2. The Kier molecular flexibility index (Phi) is 2.23. The average Bonchev–Trinajstić information content (AvgIpc) is 2.88. The molecule has 0 unspecified atom stereocenters. The minimum atomic E-state index is -0.404. The van der Waals surface area contributed by atoms with Gasteiger partial charge in [0.05, 0.1) is 0 Å². The van der Waals surface area contributed by atoms with E-state index in [1.54, 1.807) is 17.4 Å². The number of hydrogen-bond acceptors (Lipinski definition) is 2. The minimum absolute atomic E-state index is 0.404.